The van der Waals surface area contributed by atoms with Crippen LogP contribution in [0.2, 0.25) is 0 Å². The summed E-state index contributed by atoms with van der Waals surface area (Å²) in [6.07, 6.45) is 1.54. The Labute approximate surface area is 110 Å². The Hall–Kier alpha value is -2.02. The second kappa shape index (κ2) is 6.65. The van der Waals surface area contributed by atoms with E-state index in [9.17, 15) is 10.1 Å². The maximum absolute atomic E-state index is 10.5. The molecule has 6 nitrogen and oxygen atoms in total. The van der Waals surface area contributed by atoms with Crippen LogP contribution in [0.25, 0.3) is 0 Å². The Kier molecular flexibility index (Phi) is 5.19. The molecule has 2 N–H and O–H groups in total. The summed E-state index contributed by atoms with van der Waals surface area (Å²) in [4.78, 5) is 10.0. The monoisotopic (exact) mass is 266 g/mol. The van der Waals surface area contributed by atoms with Crippen molar-refractivity contribution in [1.29, 1.82) is 0 Å². The van der Waals surface area contributed by atoms with Gasteiger partial charge in [0, 0.05) is 18.2 Å². The van der Waals surface area contributed by atoms with Crippen LogP contribution in [0.4, 0.5) is 5.69 Å². The highest BCUT2D eigenvalue weighted by Crippen LogP contribution is 2.10. The van der Waals surface area contributed by atoms with Crippen LogP contribution in [0.15, 0.2) is 29.4 Å². The largest absolute Gasteiger partial charge is 0.359 e. The zero-order valence-corrected chi connectivity index (χ0v) is 10.9. The molecule has 7 heteroatoms. The van der Waals surface area contributed by atoms with Crippen molar-refractivity contribution < 1.29 is 4.92 Å². The van der Waals surface area contributed by atoms with Crippen LogP contribution in [0.5, 0.6) is 0 Å². The smallest absolute Gasteiger partial charge is 0.269 e. The number of non-ortho nitro benzene ring substituents is 1. The maximum atomic E-state index is 10.5. The van der Waals surface area contributed by atoms with Crippen molar-refractivity contribution in [3.63, 3.8) is 0 Å². The minimum absolute atomic E-state index is 0.0529. The molecule has 0 saturated carbocycles. The summed E-state index contributed by atoms with van der Waals surface area (Å²) in [5.41, 5.74) is 3.46. The highest BCUT2D eigenvalue weighted by Gasteiger charge is 2.02. The molecule has 1 rings (SSSR count). The molecule has 0 atom stereocenters. The number of nitrogens with zero attached hydrogens (tertiary/aromatic N) is 2. The summed E-state index contributed by atoms with van der Waals surface area (Å²) >= 11 is 4.98. The predicted molar refractivity (Wildman–Crippen MR) is 74.7 cm³/mol. The molecule has 96 valence electrons. The first-order chi connectivity index (χ1) is 8.49. The van der Waals surface area contributed by atoms with Crippen LogP contribution in [0, 0.1) is 10.1 Å². The summed E-state index contributed by atoms with van der Waals surface area (Å²) in [5.74, 6) is 0. The fourth-order valence-electron chi connectivity index (χ4n) is 1.14. The number of hydrazone groups is 1. The van der Waals surface area contributed by atoms with Gasteiger partial charge >= 0.3 is 0 Å². The van der Waals surface area contributed by atoms with Crippen molar-refractivity contribution in [3.8, 4) is 0 Å². The number of benzene rings is 1. The molecule has 0 aliphatic rings. The number of thiocarbonyl (C=S) groups is 1. The Morgan fingerprint density at radius 2 is 2.06 bits per heavy atom. The molecule has 1 aromatic rings. The lowest BCUT2D eigenvalue weighted by Crippen LogP contribution is -2.36. The third-order valence-electron chi connectivity index (χ3n) is 1.90. The van der Waals surface area contributed by atoms with E-state index < -0.39 is 4.92 Å². The van der Waals surface area contributed by atoms with Crippen molar-refractivity contribution in [2.75, 3.05) is 0 Å². The fraction of sp³-hybridized carbons (Fsp3) is 0.273. The summed E-state index contributed by atoms with van der Waals surface area (Å²) in [6, 6.07) is 6.31. The van der Waals surface area contributed by atoms with Gasteiger partial charge in [-0.2, -0.15) is 5.10 Å². The molecule has 0 saturated heterocycles. The molecule has 0 radical (unpaired) electrons. The van der Waals surface area contributed by atoms with Gasteiger partial charge in [0.05, 0.1) is 11.1 Å². The Bertz CT molecular complexity index is 457. The standard InChI is InChI=1S/C11H14N4O2S/c1-8(2)13-11(18)14-12-7-9-3-5-10(6-4-9)15(16)17/h3-8H,1-2H3,(H2,13,14,18)/b12-7+. The summed E-state index contributed by atoms with van der Waals surface area (Å²) in [5, 5.41) is 17.8. The SMILES string of the molecule is CC(C)NC(=S)N/N=C/c1ccc([N+](=O)[O-])cc1. The maximum Gasteiger partial charge on any atom is 0.269 e. The first kappa shape index (κ1) is 14.0. The first-order valence-corrected chi connectivity index (χ1v) is 5.74. The third kappa shape index (κ3) is 4.88. The van der Waals surface area contributed by atoms with E-state index in [2.05, 4.69) is 15.8 Å². The molecule has 1 aromatic carbocycles. The van der Waals surface area contributed by atoms with Crippen LogP contribution >= 0.6 is 12.2 Å². The summed E-state index contributed by atoms with van der Waals surface area (Å²) < 4.78 is 0. The molecule has 18 heavy (non-hydrogen) atoms. The van der Waals surface area contributed by atoms with E-state index in [0.717, 1.165) is 5.56 Å². The highest BCUT2D eigenvalue weighted by atomic mass is 32.1. The van der Waals surface area contributed by atoms with Gasteiger partial charge in [0.25, 0.3) is 5.69 Å². The molecule has 0 aliphatic carbocycles. The summed E-state index contributed by atoms with van der Waals surface area (Å²) in [6.45, 7) is 3.93. The average molecular weight is 266 g/mol. The lowest BCUT2D eigenvalue weighted by Gasteiger charge is -2.09. The van der Waals surface area contributed by atoms with Crippen LogP contribution in [0.1, 0.15) is 19.4 Å². The number of hydrogen-bond acceptors (Lipinski definition) is 4. The van der Waals surface area contributed by atoms with Crippen molar-refractivity contribution in [2.24, 2.45) is 5.10 Å². The molecule has 0 aliphatic heterocycles. The van der Waals surface area contributed by atoms with E-state index >= 15 is 0 Å². The molecule has 0 amide bonds. The van der Waals surface area contributed by atoms with Crippen molar-refractivity contribution >= 4 is 29.2 Å². The van der Waals surface area contributed by atoms with E-state index in [1.54, 1.807) is 12.1 Å². The van der Waals surface area contributed by atoms with E-state index in [4.69, 9.17) is 12.2 Å². The Morgan fingerprint density at radius 1 is 1.44 bits per heavy atom. The van der Waals surface area contributed by atoms with Gasteiger partial charge in [0.15, 0.2) is 5.11 Å². The lowest BCUT2D eigenvalue weighted by molar-refractivity contribution is -0.384. The Balaban J connectivity index is 2.52. The van der Waals surface area contributed by atoms with E-state index in [-0.39, 0.29) is 11.7 Å². The van der Waals surface area contributed by atoms with Crippen molar-refractivity contribution in [2.45, 2.75) is 19.9 Å². The van der Waals surface area contributed by atoms with Crippen LogP contribution in [-0.4, -0.2) is 22.3 Å². The van der Waals surface area contributed by atoms with Gasteiger partial charge in [-0.3, -0.25) is 15.5 Å². The number of hydrogen-bond donors (Lipinski definition) is 2. The van der Waals surface area contributed by atoms with Gasteiger partial charge in [0.1, 0.15) is 0 Å². The molecular weight excluding hydrogens is 252 g/mol. The van der Waals surface area contributed by atoms with Gasteiger partial charge in [-0.1, -0.05) is 0 Å². The highest BCUT2D eigenvalue weighted by molar-refractivity contribution is 7.80. The molecule has 0 fully saturated rings. The van der Waals surface area contributed by atoms with E-state index in [1.807, 2.05) is 13.8 Å². The topological polar surface area (TPSA) is 79.6 Å². The number of nitro benzene ring substituents is 1. The molecule has 0 aromatic heterocycles. The molecule has 0 heterocycles. The van der Waals surface area contributed by atoms with Gasteiger partial charge in [-0.25, -0.2) is 0 Å². The normalized spacial score (nSPS) is 10.6. The van der Waals surface area contributed by atoms with Crippen LogP contribution in [-0.2, 0) is 0 Å². The van der Waals surface area contributed by atoms with Gasteiger partial charge in [-0.15, -0.1) is 0 Å². The zero-order chi connectivity index (χ0) is 13.5. The van der Waals surface area contributed by atoms with E-state index in [1.165, 1.54) is 18.3 Å². The number of rotatable bonds is 4. The van der Waals surface area contributed by atoms with Gasteiger partial charge < -0.3 is 5.32 Å². The molecular formula is C11H14N4O2S. The van der Waals surface area contributed by atoms with Gasteiger partial charge in [0.2, 0.25) is 0 Å². The van der Waals surface area contributed by atoms with E-state index in [0.29, 0.717) is 5.11 Å². The van der Waals surface area contributed by atoms with Gasteiger partial charge in [-0.05, 0) is 43.8 Å². The molecule has 0 spiro atoms. The van der Waals surface area contributed by atoms with Crippen molar-refractivity contribution in [3.05, 3.63) is 39.9 Å². The molecule has 0 unspecified atom stereocenters. The number of nitrogens with one attached hydrogen (secondary N) is 2. The molecule has 0 bridgehead atoms. The second-order valence-electron chi connectivity index (χ2n) is 3.85. The van der Waals surface area contributed by atoms with Crippen LogP contribution < -0.4 is 10.7 Å². The zero-order valence-electron chi connectivity index (χ0n) is 10.1. The number of nitro groups is 1. The fourth-order valence-corrected chi connectivity index (χ4v) is 1.43. The Morgan fingerprint density at radius 3 is 2.56 bits per heavy atom. The summed E-state index contributed by atoms with van der Waals surface area (Å²) in [7, 11) is 0. The minimum Gasteiger partial charge on any atom is -0.359 e. The van der Waals surface area contributed by atoms with Crippen molar-refractivity contribution in [1.82, 2.24) is 10.7 Å². The third-order valence-corrected chi connectivity index (χ3v) is 2.11. The minimum atomic E-state index is -0.444. The first-order valence-electron chi connectivity index (χ1n) is 5.33. The average Bonchev–Trinajstić information content (AvgIpc) is 2.28. The quantitative estimate of drug-likeness (QED) is 0.376. The second-order valence-corrected chi connectivity index (χ2v) is 4.26. The van der Waals surface area contributed by atoms with Crippen LogP contribution in [0.3, 0.4) is 0 Å². The predicted octanol–water partition coefficient (Wildman–Crippen LogP) is 1.80. The lowest BCUT2D eigenvalue weighted by atomic mass is 10.2.